The molecule has 3 atom stereocenters. The molecule has 36 heavy (non-hydrogen) atoms. The van der Waals surface area contributed by atoms with Crippen molar-refractivity contribution in [3.63, 3.8) is 0 Å². The van der Waals surface area contributed by atoms with Crippen LogP contribution in [0.25, 0.3) is 0 Å². The van der Waals surface area contributed by atoms with Gasteiger partial charge in [0.25, 0.3) is 0 Å². The number of benzene rings is 3. The van der Waals surface area contributed by atoms with Gasteiger partial charge in [-0.25, -0.2) is 0 Å². The van der Waals surface area contributed by atoms with Crippen molar-refractivity contribution < 1.29 is 19.5 Å². The number of carboxylic acid groups (broad SMARTS) is 1. The molecule has 3 N–H and O–H groups in total. The van der Waals surface area contributed by atoms with Crippen LogP contribution in [0.1, 0.15) is 23.7 Å². The van der Waals surface area contributed by atoms with Crippen molar-refractivity contribution in [2.45, 2.75) is 23.0 Å². The van der Waals surface area contributed by atoms with Crippen LogP contribution in [-0.2, 0) is 14.4 Å². The van der Waals surface area contributed by atoms with Crippen molar-refractivity contribution in [3.8, 4) is 0 Å². The Morgan fingerprint density at radius 1 is 0.861 bits per heavy atom. The molecule has 0 saturated heterocycles. The molecule has 4 rings (SSSR count). The largest absolute Gasteiger partial charge is 0.481 e. The van der Waals surface area contributed by atoms with Gasteiger partial charge in [0.05, 0.1) is 22.5 Å². The number of nitrogens with one attached hydrogen (secondary N) is 2. The highest BCUT2D eigenvalue weighted by molar-refractivity contribution is 8.00. The van der Waals surface area contributed by atoms with Gasteiger partial charge in [-0.05, 0) is 48.7 Å². The summed E-state index contributed by atoms with van der Waals surface area (Å²) >= 11 is 7.59. The Kier molecular flexibility index (Phi) is 8.46. The lowest BCUT2D eigenvalue weighted by molar-refractivity contribution is -0.146. The smallest absolute Gasteiger partial charge is 0.307 e. The molecule has 0 aromatic heterocycles. The fourth-order valence-electron chi connectivity index (χ4n) is 4.06. The summed E-state index contributed by atoms with van der Waals surface area (Å²) in [7, 11) is 0. The van der Waals surface area contributed by atoms with Crippen molar-refractivity contribution in [2.75, 3.05) is 10.6 Å². The van der Waals surface area contributed by atoms with E-state index in [0.717, 1.165) is 10.5 Å². The Balaban J connectivity index is 1.53. The highest BCUT2D eigenvalue weighted by atomic mass is 35.5. The van der Waals surface area contributed by atoms with E-state index in [0.29, 0.717) is 29.2 Å². The van der Waals surface area contributed by atoms with Gasteiger partial charge in [0.15, 0.2) is 0 Å². The average molecular weight is 521 g/mol. The van der Waals surface area contributed by atoms with Crippen molar-refractivity contribution in [1.82, 2.24) is 0 Å². The monoisotopic (exact) mass is 520 g/mol. The Hall–Kier alpha value is -3.55. The molecule has 1 aliphatic carbocycles. The van der Waals surface area contributed by atoms with Crippen molar-refractivity contribution in [2.24, 2.45) is 11.8 Å². The fraction of sp³-hybridized carbons (Fsp3) is 0.179. The number of carbonyl (C=O) groups excluding carboxylic acids is 2. The Labute approximate surface area is 218 Å². The minimum absolute atomic E-state index is 0.230. The fourth-order valence-corrected chi connectivity index (χ4v) is 5.32. The average Bonchev–Trinajstić information content (AvgIpc) is 2.89. The van der Waals surface area contributed by atoms with Gasteiger partial charge in [-0.3, -0.25) is 14.4 Å². The maximum absolute atomic E-state index is 13.3. The maximum atomic E-state index is 13.3. The molecule has 0 aliphatic heterocycles. The molecular weight excluding hydrogens is 496 g/mol. The van der Waals surface area contributed by atoms with E-state index in [1.165, 1.54) is 11.8 Å². The Morgan fingerprint density at radius 2 is 1.56 bits per heavy atom. The summed E-state index contributed by atoms with van der Waals surface area (Å²) in [6.45, 7) is 0. The van der Waals surface area contributed by atoms with Gasteiger partial charge in [0, 0.05) is 10.6 Å². The molecule has 3 unspecified atom stereocenters. The lowest BCUT2D eigenvalue weighted by Crippen LogP contribution is -2.34. The van der Waals surface area contributed by atoms with E-state index >= 15 is 0 Å². The molecule has 0 heterocycles. The highest BCUT2D eigenvalue weighted by Gasteiger charge is 2.34. The molecule has 0 spiro atoms. The van der Waals surface area contributed by atoms with E-state index in [2.05, 4.69) is 10.6 Å². The first kappa shape index (κ1) is 25.5. The zero-order valence-electron chi connectivity index (χ0n) is 19.3. The summed E-state index contributed by atoms with van der Waals surface area (Å²) in [4.78, 5) is 38.6. The summed E-state index contributed by atoms with van der Waals surface area (Å²) in [6, 6.07) is 23.7. The van der Waals surface area contributed by atoms with Crippen LogP contribution in [0.5, 0.6) is 0 Å². The number of allylic oxidation sites excluding steroid dienone is 2. The maximum Gasteiger partial charge on any atom is 0.307 e. The minimum atomic E-state index is -0.973. The van der Waals surface area contributed by atoms with Gasteiger partial charge in [-0.1, -0.05) is 72.3 Å². The molecule has 0 bridgehead atoms. The number of halogens is 1. The van der Waals surface area contributed by atoms with Crippen molar-refractivity contribution in [1.29, 1.82) is 0 Å². The molecule has 1 aliphatic rings. The molecule has 3 aromatic carbocycles. The summed E-state index contributed by atoms with van der Waals surface area (Å²) < 4.78 is 0. The number of carboxylic acids is 1. The number of hydrogen-bond donors (Lipinski definition) is 3. The topological polar surface area (TPSA) is 95.5 Å². The number of aliphatic carboxylic acids is 1. The van der Waals surface area contributed by atoms with Crippen LogP contribution in [0.2, 0.25) is 5.02 Å². The van der Waals surface area contributed by atoms with E-state index in [9.17, 15) is 19.5 Å². The van der Waals surface area contributed by atoms with Gasteiger partial charge in [-0.2, -0.15) is 0 Å². The zero-order valence-corrected chi connectivity index (χ0v) is 20.8. The van der Waals surface area contributed by atoms with Crippen molar-refractivity contribution in [3.05, 3.63) is 102 Å². The lowest BCUT2D eigenvalue weighted by atomic mass is 9.82. The molecule has 8 heteroatoms. The molecule has 184 valence electrons. The standard InChI is InChI=1S/C28H25ClN2O4S/c29-23-15-6-7-16-24(23)31-27(33)25(18-9-2-1-3-10-18)36-20-12-8-11-19(17-20)30-26(32)21-13-4-5-14-22(21)28(34)35/h1-12,15-17,21-22,25H,13-14H2,(H,30,32)(H,31,33)(H,34,35). The number of amides is 2. The number of rotatable bonds is 8. The van der Waals surface area contributed by atoms with E-state index in [-0.39, 0.29) is 11.8 Å². The Bertz CT molecular complexity index is 1280. The number of thioether (sulfide) groups is 1. The molecule has 2 amide bonds. The second-order valence-corrected chi connectivity index (χ2v) is 9.97. The number of anilines is 2. The zero-order chi connectivity index (χ0) is 25.5. The quantitative estimate of drug-likeness (QED) is 0.235. The molecular formula is C28H25ClN2O4S. The first-order valence-electron chi connectivity index (χ1n) is 11.5. The van der Waals surface area contributed by atoms with Crippen LogP contribution in [-0.4, -0.2) is 22.9 Å². The SMILES string of the molecule is O=C(Nc1ccccc1Cl)C(Sc1cccc(NC(=O)C2CC=CCC2C(=O)O)c1)c1ccccc1. The summed E-state index contributed by atoms with van der Waals surface area (Å²) in [5, 5.41) is 15.1. The van der Waals surface area contributed by atoms with Crippen LogP contribution in [0, 0.1) is 11.8 Å². The summed E-state index contributed by atoms with van der Waals surface area (Å²) in [5.41, 5.74) is 1.89. The minimum Gasteiger partial charge on any atom is -0.481 e. The molecule has 0 saturated carbocycles. The van der Waals surface area contributed by atoms with Crippen LogP contribution in [0.3, 0.4) is 0 Å². The molecule has 0 radical (unpaired) electrons. The second-order valence-electron chi connectivity index (χ2n) is 8.39. The van der Waals surface area contributed by atoms with Gasteiger partial charge in [0.2, 0.25) is 11.8 Å². The van der Waals surface area contributed by atoms with E-state index in [4.69, 9.17) is 11.6 Å². The predicted octanol–water partition coefficient (Wildman–Crippen LogP) is 6.42. The van der Waals surface area contributed by atoms with Gasteiger partial charge in [0.1, 0.15) is 5.25 Å². The third kappa shape index (κ3) is 6.36. The number of carbonyl (C=O) groups is 3. The molecule has 0 fully saturated rings. The Morgan fingerprint density at radius 3 is 2.28 bits per heavy atom. The van der Waals surface area contributed by atoms with E-state index in [1.807, 2.05) is 42.5 Å². The predicted molar refractivity (Wildman–Crippen MR) is 143 cm³/mol. The number of para-hydroxylation sites is 1. The van der Waals surface area contributed by atoms with Crippen LogP contribution in [0.4, 0.5) is 11.4 Å². The lowest BCUT2D eigenvalue weighted by Gasteiger charge is -2.24. The van der Waals surface area contributed by atoms with Crippen LogP contribution >= 0.6 is 23.4 Å². The first-order valence-corrected chi connectivity index (χ1v) is 12.7. The van der Waals surface area contributed by atoms with Gasteiger partial charge < -0.3 is 15.7 Å². The normalized spacial score (nSPS) is 17.7. The molecule has 3 aromatic rings. The third-order valence-corrected chi connectivity index (χ3v) is 7.49. The third-order valence-electron chi connectivity index (χ3n) is 5.91. The second kappa shape index (κ2) is 11.9. The van der Waals surface area contributed by atoms with Gasteiger partial charge in [-0.15, -0.1) is 11.8 Å². The van der Waals surface area contributed by atoms with Crippen LogP contribution < -0.4 is 10.6 Å². The summed E-state index contributed by atoms with van der Waals surface area (Å²) in [5.74, 6) is -2.91. The van der Waals surface area contributed by atoms with Gasteiger partial charge >= 0.3 is 5.97 Å². The first-order chi connectivity index (χ1) is 17.4. The van der Waals surface area contributed by atoms with Crippen molar-refractivity contribution >= 4 is 52.5 Å². The molecule has 6 nitrogen and oxygen atoms in total. The van der Waals surface area contributed by atoms with Crippen LogP contribution in [0.15, 0.2) is 95.9 Å². The number of hydrogen-bond acceptors (Lipinski definition) is 4. The van der Waals surface area contributed by atoms with E-state index < -0.39 is 23.1 Å². The summed E-state index contributed by atoms with van der Waals surface area (Å²) in [6.07, 6.45) is 4.37. The van der Waals surface area contributed by atoms with E-state index in [1.54, 1.807) is 48.5 Å². The highest BCUT2D eigenvalue weighted by Crippen LogP contribution is 2.38.